The molecular weight excluding hydrogens is 348 g/mol. The third-order valence-electron chi connectivity index (χ3n) is 4.57. The second-order valence-electron chi connectivity index (χ2n) is 6.25. The first-order valence-electron chi connectivity index (χ1n) is 7.69. The number of hydrogen-bond donors (Lipinski definition) is 2. The van der Waals surface area contributed by atoms with Crippen LogP contribution in [-0.4, -0.2) is 31.4 Å². The molecule has 0 aromatic heterocycles. The van der Waals surface area contributed by atoms with E-state index in [1.54, 1.807) is 24.3 Å². The molecule has 0 N–H and O–H groups in total. The van der Waals surface area contributed by atoms with E-state index in [9.17, 15) is 19.2 Å². The number of likely N-dealkylation sites (tertiary alicyclic amines) is 2. The lowest BCUT2D eigenvalue weighted by Gasteiger charge is -2.22. The number of quaternary nitrogens is 2. The van der Waals surface area contributed by atoms with E-state index in [2.05, 4.69) is 25.6 Å². The number of nitrogens with zero attached hydrogens (tertiary/aromatic N) is 2. The zero-order chi connectivity index (χ0) is 17.5. The summed E-state index contributed by atoms with van der Waals surface area (Å²) in [5.41, 5.74) is 1.51. The average molecular weight is 366 g/mol. The molecule has 0 radical (unpaired) electrons. The molecular formula is C16H18N2O4S2+2. The van der Waals surface area contributed by atoms with Gasteiger partial charge in [-0.1, -0.05) is 18.2 Å². The lowest BCUT2D eigenvalue weighted by molar-refractivity contribution is -0.642. The zero-order valence-electron chi connectivity index (χ0n) is 13.0. The quantitative estimate of drug-likeness (QED) is 0.484. The molecule has 0 saturated carbocycles. The van der Waals surface area contributed by atoms with Crippen molar-refractivity contribution < 1.29 is 27.0 Å². The van der Waals surface area contributed by atoms with Gasteiger partial charge in [0.25, 0.3) is 0 Å². The largest absolute Gasteiger partial charge is 0.333 e. The van der Waals surface area contributed by atoms with Crippen molar-refractivity contribution in [2.45, 2.75) is 38.8 Å². The van der Waals surface area contributed by atoms with Crippen LogP contribution in [0, 0.1) is 0 Å². The first-order valence-corrected chi connectivity index (χ1v) is 8.49. The van der Waals surface area contributed by atoms with Crippen molar-refractivity contribution in [3.8, 4) is 0 Å². The van der Waals surface area contributed by atoms with E-state index in [4.69, 9.17) is 0 Å². The highest BCUT2D eigenvalue weighted by atomic mass is 32.1. The summed E-state index contributed by atoms with van der Waals surface area (Å²) in [6.45, 7) is 0.312. The fraction of sp³-hybridized carbons (Fsp3) is 0.375. The minimum absolute atomic E-state index is 0.156. The molecule has 2 saturated heterocycles. The molecule has 0 unspecified atom stereocenters. The van der Waals surface area contributed by atoms with Crippen molar-refractivity contribution in [2.75, 3.05) is 0 Å². The number of imide groups is 2. The Morgan fingerprint density at radius 1 is 0.708 bits per heavy atom. The van der Waals surface area contributed by atoms with Gasteiger partial charge in [-0.2, -0.15) is 0 Å². The molecule has 0 spiro atoms. The maximum atomic E-state index is 12.0. The van der Waals surface area contributed by atoms with Crippen LogP contribution in [0.3, 0.4) is 0 Å². The van der Waals surface area contributed by atoms with E-state index in [1.807, 2.05) is 0 Å². The number of carbonyl (C=O) groups excluding carboxylic acids is 4. The van der Waals surface area contributed by atoms with Crippen LogP contribution in [0.4, 0.5) is 0 Å². The molecule has 1 aromatic rings. The monoisotopic (exact) mass is 366 g/mol. The molecule has 1 aromatic carbocycles. The Labute approximate surface area is 150 Å². The van der Waals surface area contributed by atoms with Crippen molar-refractivity contribution in [1.29, 1.82) is 0 Å². The van der Waals surface area contributed by atoms with Gasteiger partial charge in [-0.05, 0) is 6.07 Å². The Kier molecular flexibility index (Phi) is 4.41. The number of rotatable bonds is 4. The number of carbonyl (C=O) groups is 4. The van der Waals surface area contributed by atoms with Crippen LogP contribution in [0.25, 0.3) is 0 Å². The fourth-order valence-corrected chi connectivity index (χ4v) is 3.88. The molecule has 126 valence electrons. The standard InChI is InChI=1S/C16H18N2O4S2/c19-13-4-5-14(20)17(13,23)9-11-2-1-3-12(8-11)10-18(24)15(21)6-7-16(18)22/h1-3,8,23-24H,4-7,9-10H2/q+2. The summed E-state index contributed by atoms with van der Waals surface area (Å²) < 4.78 is -1.05. The Morgan fingerprint density at radius 2 is 1.04 bits per heavy atom. The predicted molar refractivity (Wildman–Crippen MR) is 90.8 cm³/mol. The van der Waals surface area contributed by atoms with Crippen LogP contribution in [0.1, 0.15) is 36.8 Å². The molecule has 0 aliphatic carbocycles. The molecule has 24 heavy (non-hydrogen) atoms. The van der Waals surface area contributed by atoms with Crippen LogP contribution in [0.15, 0.2) is 24.3 Å². The van der Waals surface area contributed by atoms with Gasteiger partial charge in [-0.25, -0.2) is 19.2 Å². The summed E-state index contributed by atoms with van der Waals surface area (Å²) in [4.78, 5) is 47.9. The summed E-state index contributed by atoms with van der Waals surface area (Å²) in [6.07, 6.45) is 0.840. The van der Waals surface area contributed by atoms with Crippen LogP contribution in [-0.2, 0) is 32.3 Å². The SMILES string of the molecule is O=C1CCC(=O)[N+]1(S)Cc1cccc(C[N+]2(S)C(=O)CCC2=O)c1. The predicted octanol–water partition coefficient (Wildman–Crippen LogP) is 1.70. The number of benzene rings is 1. The van der Waals surface area contributed by atoms with E-state index in [-0.39, 0.29) is 62.4 Å². The van der Waals surface area contributed by atoms with Gasteiger partial charge in [0.2, 0.25) is 0 Å². The molecule has 0 atom stereocenters. The van der Waals surface area contributed by atoms with E-state index in [0.29, 0.717) is 0 Å². The van der Waals surface area contributed by atoms with Gasteiger partial charge in [-0.3, -0.25) is 0 Å². The first-order chi connectivity index (χ1) is 11.3. The van der Waals surface area contributed by atoms with Crippen molar-refractivity contribution in [3.05, 3.63) is 35.4 Å². The minimum atomic E-state index is -0.526. The second-order valence-corrected chi connectivity index (χ2v) is 7.62. The molecule has 2 heterocycles. The second kappa shape index (κ2) is 6.11. The highest BCUT2D eigenvalue weighted by molar-refractivity contribution is 7.75. The summed E-state index contributed by atoms with van der Waals surface area (Å²) in [5.74, 6) is -0.847. The third kappa shape index (κ3) is 2.83. The third-order valence-corrected chi connectivity index (χ3v) is 5.75. The van der Waals surface area contributed by atoms with Crippen LogP contribution in [0.2, 0.25) is 0 Å². The van der Waals surface area contributed by atoms with Crippen molar-refractivity contribution in [1.82, 2.24) is 0 Å². The molecule has 4 amide bonds. The molecule has 2 aliphatic heterocycles. The molecule has 2 fully saturated rings. The van der Waals surface area contributed by atoms with E-state index in [0.717, 1.165) is 11.1 Å². The van der Waals surface area contributed by atoms with Crippen LogP contribution < -0.4 is 0 Å². The number of amides is 4. The van der Waals surface area contributed by atoms with E-state index < -0.39 is 7.78 Å². The van der Waals surface area contributed by atoms with Crippen LogP contribution >= 0.6 is 25.6 Å². The zero-order valence-corrected chi connectivity index (χ0v) is 14.8. The Morgan fingerprint density at radius 3 is 1.38 bits per heavy atom. The topological polar surface area (TPSA) is 68.3 Å². The first kappa shape index (κ1) is 17.3. The Bertz CT molecular complexity index is 671. The normalized spacial score (nSPS) is 22.4. The highest BCUT2D eigenvalue weighted by Crippen LogP contribution is 2.31. The molecule has 2 aliphatic rings. The van der Waals surface area contributed by atoms with Gasteiger partial charge in [0.1, 0.15) is 13.1 Å². The van der Waals surface area contributed by atoms with Gasteiger partial charge in [0.05, 0.1) is 51.3 Å². The Balaban J connectivity index is 1.83. The molecule has 0 bridgehead atoms. The van der Waals surface area contributed by atoms with Gasteiger partial charge in [-0.15, -0.1) is 7.78 Å². The van der Waals surface area contributed by atoms with Gasteiger partial charge >= 0.3 is 23.6 Å². The average Bonchev–Trinajstić information content (AvgIpc) is 2.93. The highest BCUT2D eigenvalue weighted by Gasteiger charge is 2.49. The molecule has 8 heteroatoms. The van der Waals surface area contributed by atoms with Crippen LogP contribution in [0.5, 0.6) is 0 Å². The van der Waals surface area contributed by atoms with Gasteiger partial charge < -0.3 is 0 Å². The minimum Gasteiger partial charge on any atom is -0.229 e. The maximum absolute atomic E-state index is 12.0. The lowest BCUT2D eigenvalue weighted by Crippen LogP contribution is -2.43. The van der Waals surface area contributed by atoms with Crippen molar-refractivity contribution in [3.63, 3.8) is 0 Å². The van der Waals surface area contributed by atoms with Crippen molar-refractivity contribution in [2.24, 2.45) is 0 Å². The maximum Gasteiger partial charge on any atom is 0.333 e. The van der Waals surface area contributed by atoms with E-state index >= 15 is 0 Å². The van der Waals surface area contributed by atoms with Gasteiger partial charge in [0, 0.05) is 11.1 Å². The van der Waals surface area contributed by atoms with Crippen molar-refractivity contribution >= 4 is 49.3 Å². The smallest absolute Gasteiger partial charge is 0.229 e. The Hall–Kier alpha value is -1.48. The molecule has 6 nitrogen and oxygen atoms in total. The summed E-state index contributed by atoms with van der Waals surface area (Å²) >= 11 is 8.58. The molecule has 3 rings (SSSR count). The van der Waals surface area contributed by atoms with E-state index in [1.165, 1.54) is 0 Å². The lowest BCUT2D eigenvalue weighted by atomic mass is 10.1. The summed E-state index contributed by atoms with van der Waals surface area (Å²) in [5, 5.41) is 0. The summed E-state index contributed by atoms with van der Waals surface area (Å²) in [6, 6.07) is 7.18. The number of hydrogen-bond acceptors (Lipinski definition) is 6. The number of thiol groups is 2. The fourth-order valence-electron chi connectivity index (χ4n) is 3.15. The summed E-state index contributed by atoms with van der Waals surface area (Å²) in [7, 11) is 0. The van der Waals surface area contributed by atoms with Gasteiger partial charge in [0.15, 0.2) is 0 Å².